The van der Waals surface area contributed by atoms with E-state index in [1.54, 1.807) is 0 Å². The van der Waals surface area contributed by atoms with E-state index in [1.807, 2.05) is 0 Å². The molecule has 20 heavy (non-hydrogen) atoms. The van der Waals surface area contributed by atoms with Crippen molar-refractivity contribution in [2.45, 2.75) is 52.0 Å². The molecule has 1 spiro atoms. The molecule has 0 aromatic heterocycles. The Hall–Kier alpha value is -1.31. The molecule has 1 saturated carbocycles. The summed E-state index contributed by atoms with van der Waals surface area (Å²) in [6.07, 6.45) is 5.44. The lowest BCUT2D eigenvalue weighted by atomic mass is 9.60. The Morgan fingerprint density at radius 1 is 1.25 bits per heavy atom. The van der Waals surface area contributed by atoms with E-state index in [1.165, 1.54) is 24.8 Å². The Balaban J connectivity index is 1.83. The molecule has 0 bridgehead atoms. The Morgan fingerprint density at radius 2 is 2.00 bits per heavy atom. The monoisotopic (exact) mass is 271 g/mol. The van der Waals surface area contributed by atoms with Crippen LogP contribution in [0.3, 0.4) is 0 Å². The molecule has 0 radical (unpaired) electrons. The maximum absolute atomic E-state index is 12.0. The van der Waals surface area contributed by atoms with Crippen molar-refractivity contribution in [1.82, 2.24) is 5.32 Å². The van der Waals surface area contributed by atoms with Crippen molar-refractivity contribution in [3.05, 3.63) is 35.9 Å². The smallest absolute Gasteiger partial charge is 0.220 e. The van der Waals surface area contributed by atoms with Crippen LogP contribution in [-0.4, -0.2) is 11.9 Å². The molecule has 2 fully saturated rings. The number of hydrogen-bond donors (Lipinski definition) is 1. The largest absolute Gasteiger partial charge is 0.352 e. The first-order valence-corrected chi connectivity index (χ1v) is 7.93. The Kier molecular flexibility index (Phi) is 3.57. The van der Waals surface area contributed by atoms with Crippen molar-refractivity contribution < 1.29 is 4.79 Å². The number of carbonyl (C=O) groups is 1. The van der Waals surface area contributed by atoms with Gasteiger partial charge >= 0.3 is 0 Å². The molecule has 4 unspecified atom stereocenters. The fourth-order valence-electron chi connectivity index (χ4n) is 4.41. The molecule has 1 saturated heterocycles. The van der Waals surface area contributed by atoms with Crippen molar-refractivity contribution in [3.8, 4) is 0 Å². The third-order valence-corrected chi connectivity index (χ3v) is 5.64. The van der Waals surface area contributed by atoms with Gasteiger partial charge in [-0.1, -0.05) is 50.6 Å². The van der Waals surface area contributed by atoms with E-state index in [9.17, 15) is 4.79 Å². The standard InChI is InChI=1S/C18H25NO/c1-13-8-9-18(14(2)10-13)12-17(20)19-16(18)11-15-6-4-3-5-7-15/h3-7,13-14,16H,8-12H2,1-2H3,(H,19,20). The molecule has 1 amide bonds. The Morgan fingerprint density at radius 3 is 2.70 bits per heavy atom. The van der Waals surface area contributed by atoms with Crippen LogP contribution >= 0.6 is 0 Å². The van der Waals surface area contributed by atoms with Gasteiger partial charge in [0.25, 0.3) is 0 Å². The van der Waals surface area contributed by atoms with Gasteiger partial charge in [-0.2, -0.15) is 0 Å². The van der Waals surface area contributed by atoms with Gasteiger partial charge in [-0.05, 0) is 36.7 Å². The van der Waals surface area contributed by atoms with Gasteiger partial charge in [-0.3, -0.25) is 4.79 Å². The van der Waals surface area contributed by atoms with Crippen molar-refractivity contribution in [2.24, 2.45) is 17.3 Å². The number of carbonyl (C=O) groups excluding carboxylic acids is 1. The molecule has 1 aromatic rings. The summed E-state index contributed by atoms with van der Waals surface area (Å²) in [4.78, 5) is 12.0. The lowest BCUT2D eigenvalue weighted by molar-refractivity contribution is -0.120. The van der Waals surface area contributed by atoms with Crippen LogP contribution in [0, 0.1) is 17.3 Å². The van der Waals surface area contributed by atoms with Gasteiger partial charge in [-0.25, -0.2) is 0 Å². The van der Waals surface area contributed by atoms with Gasteiger partial charge in [0.05, 0.1) is 0 Å². The lowest BCUT2D eigenvalue weighted by Gasteiger charge is -2.45. The molecule has 1 aliphatic carbocycles. The highest BCUT2D eigenvalue weighted by atomic mass is 16.2. The van der Waals surface area contributed by atoms with Gasteiger partial charge in [0.1, 0.15) is 0 Å². The van der Waals surface area contributed by atoms with Crippen LogP contribution in [-0.2, 0) is 11.2 Å². The quantitative estimate of drug-likeness (QED) is 0.875. The van der Waals surface area contributed by atoms with E-state index in [0.717, 1.165) is 18.8 Å². The molecule has 1 N–H and O–H groups in total. The van der Waals surface area contributed by atoms with Gasteiger partial charge in [-0.15, -0.1) is 0 Å². The second-order valence-electron chi connectivity index (χ2n) is 7.00. The molecule has 2 nitrogen and oxygen atoms in total. The van der Waals surface area contributed by atoms with E-state index in [0.29, 0.717) is 12.0 Å². The topological polar surface area (TPSA) is 29.1 Å². The highest BCUT2D eigenvalue weighted by Gasteiger charge is 2.51. The molecule has 1 aromatic carbocycles. The van der Waals surface area contributed by atoms with E-state index in [4.69, 9.17) is 0 Å². The van der Waals surface area contributed by atoms with Gasteiger partial charge < -0.3 is 5.32 Å². The average molecular weight is 271 g/mol. The van der Waals surface area contributed by atoms with Gasteiger partial charge in [0, 0.05) is 17.9 Å². The van der Waals surface area contributed by atoms with E-state index < -0.39 is 0 Å². The minimum Gasteiger partial charge on any atom is -0.352 e. The molecule has 3 rings (SSSR count). The zero-order valence-electron chi connectivity index (χ0n) is 12.6. The molecular formula is C18H25NO. The highest BCUT2D eigenvalue weighted by Crippen LogP contribution is 2.51. The first kappa shape index (κ1) is 13.7. The minimum absolute atomic E-state index is 0.194. The highest BCUT2D eigenvalue weighted by molar-refractivity contribution is 5.80. The fraction of sp³-hybridized carbons (Fsp3) is 0.611. The number of rotatable bonds is 2. The predicted octanol–water partition coefficient (Wildman–Crippen LogP) is 3.56. The summed E-state index contributed by atoms with van der Waals surface area (Å²) in [5, 5.41) is 3.27. The number of benzene rings is 1. The van der Waals surface area contributed by atoms with Crippen LogP contribution in [0.1, 0.15) is 45.1 Å². The first-order chi connectivity index (χ1) is 9.60. The second kappa shape index (κ2) is 5.23. The zero-order chi connectivity index (χ0) is 14.2. The maximum Gasteiger partial charge on any atom is 0.220 e. The summed E-state index contributed by atoms with van der Waals surface area (Å²) in [5.41, 5.74) is 1.53. The molecule has 2 aliphatic rings. The van der Waals surface area contributed by atoms with Crippen molar-refractivity contribution in [3.63, 3.8) is 0 Å². The predicted molar refractivity (Wildman–Crippen MR) is 81.3 cm³/mol. The summed E-state index contributed by atoms with van der Waals surface area (Å²) in [6.45, 7) is 4.70. The zero-order valence-corrected chi connectivity index (χ0v) is 12.6. The molecule has 4 atom stereocenters. The number of nitrogens with one attached hydrogen (secondary N) is 1. The normalized spacial score (nSPS) is 37.1. The van der Waals surface area contributed by atoms with E-state index in [2.05, 4.69) is 49.5 Å². The number of hydrogen-bond acceptors (Lipinski definition) is 1. The molecular weight excluding hydrogens is 246 g/mol. The third kappa shape index (κ3) is 2.36. The summed E-state index contributed by atoms with van der Waals surface area (Å²) in [5.74, 6) is 1.70. The van der Waals surface area contributed by atoms with Gasteiger partial charge in [0.15, 0.2) is 0 Å². The summed E-state index contributed by atoms with van der Waals surface area (Å²) >= 11 is 0. The number of amides is 1. The average Bonchev–Trinajstić information content (AvgIpc) is 2.73. The third-order valence-electron chi connectivity index (χ3n) is 5.64. The van der Waals surface area contributed by atoms with Crippen molar-refractivity contribution in [1.29, 1.82) is 0 Å². The Labute approximate surface area is 122 Å². The second-order valence-corrected chi connectivity index (χ2v) is 7.00. The molecule has 1 aliphatic heterocycles. The Bertz CT molecular complexity index is 483. The SMILES string of the molecule is CC1CCC2(CC(=O)NC2Cc2ccccc2)C(C)C1. The van der Waals surface area contributed by atoms with Crippen LogP contribution in [0.5, 0.6) is 0 Å². The fourth-order valence-corrected chi connectivity index (χ4v) is 4.41. The minimum atomic E-state index is 0.194. The van der Waals surface area contributed by atoms with E-state index >= 15 is 0 Å². The van der Waals surface area contributed by atoms with Crippen LogP contribution in [0.15, 0.2) is 30.3 Å². The molecule has 1 heterocycles. The van der Waals surface area contributed by atoms with Crippen LogP contribution in [0.4, 0.5) is 0 Å². The van der Waals surface area contributed by atoms with Crippen LogP contribution in [0.25, 0.3) is 0 Å². The van der Waals surface area contributed by atoms with Gasteiger partial charge in [0.2, 0.25) is 5.91 Å². The van der Waals surface area contributed by atoms with Crippen molar-refractivity contribution in [2.75, 3.05) is 0 Å². The van der Waals surface area contributed by atoms with Crippen LogP contribution < -0.4 is 5.32 Å². The summed E-state index contributed by atoms with van der Waals surface area (Å²) in [6, 6.07) is 10.9. The van der Waals surface area contributed by atoms with Crippen molar-refractivity contribution >= 4 is 5.91 Å². The summed E-state index contributed by atoms with van der Waals surface area (Å²) < 4.78 is 0. The molecule has 108 valence electrons. The summed E-state index contributed by atoms with van der Waals surface area (Å²) in [7, 11) is 0. The van der Waals surface area contributed by atoms with Crippen LogP contribution in [0.2, 0.25) is 0 Å². The lowest BCUT2D eigenvalue weighted by Crippen LogP contribution is -2.45. The maximum atomic E-state index is 12.0. The first-order valence-electron chi connectivity index (χ1n) is 7.93. The molecule has 2 heteroatoms. The van der Waals surface area contributed by atoms with E-state index in [-0.39, 0.29) is 11.3 Å².